The molecule has 2 aromatic rings. The zero-order valence-electron chi connectivity index (χ0n) is 11.3. The molecule has 3 atom stereocenters. The highest BCUT2D eigenvalue weighted by Crippen LogP contribution is 2.52. The molecule has 1 aromatic heterocycles. The second kappa shape index (κ2) is 5.04. The van der Waals surface area contributed by atoms with Crippen molar-refractivity contribution in [1.29, 1.82) is 0 Å². The molecule has 1 aliphatic heterocycles. The van der Waals surface area contributed by atoms with Gasteiger partial charge in [-0.15, -0.1) is 0 Å². The molecule has 0 saturated heterocycles. The molecule has 0 spiro atoms. The fourth-order valence-corrected chi connectivity index (χ4v) is 4.12. The Bertz CT molecular complexity index is 712. The molecule has 0 radical (unpaired) electrons. The van der Waals surface area contributed by atoms with Crippen molar-refractivity contribution in [1.82, 2.24) is 4.98 Å². The molecule has 106 valence electrons. The maximum atomic E-state index is 6.43. The smallest absolute Gasteiger partial charge is 0.0725 e. The van der Waals surface area contributed by atoms with Crippen molar-refractivity contribution in [2.45, 2.75) is 18.4 Å². The number of nitrogens with one attached hydrogen (secondary N) is 1. The summed E-state index contributed by atoms with van der Waals surface area (Å²) >= 11 is 12.6. The van der Waals surface area contributed by atoms with E-state index in [2.05, 4.69) is 28.5 Å². The quantitative estimate of drug-likeness (QED) is 0.730. The lowest BCUT2D eigenvalue weighted by atomic mass is 9.78. The number of hydrogen-bond acceptors (Lipinski definition) is 2. The number of benzene rings is 1. The number of anilines is 1. The van der Waals surface area contributed by atoms with Crippen LogP contribution in [0.25, 0.3) is 0 Å². The van der Waals surface area contributed by atoms with Crippen LogP contribution in [0.3, 0.4) is 0 Å². The van der Waals surface area contributed by atoms with Crippen molar-refractivity contribution in [3.63, 3.8) is 0 Å². The lowest BCUT2D eigenvalue weighted by molar-refractivity contribution is 0.419. The van der Waals surface area contributed by atoms with Crippen LogP contribution in [0.4, 0.5) is 5.69 Å². The fraction of sp³-hybridized carbons (Fsp3) is 0.235. The number of hydrogen-bond donors (Lipinski definition) is 1. The molecule has 4 rings (SSSR count). The maximum Gasteiger partial charge on any atom is 0.0725 e. The van der Waals surface area contributed by atoms with Gasteiger partial charge in [0.1, 0.15) is 0 Å². The molecule has 0 unspecified atom stereocenters. The molecule has 0 saturated carbocycles. The van der Waals surface area contributed by atoms with E-state index >= 15 is 0 Å². The summed E-state index contributed by atoms with van der Waals surface area (Å²) in [5.41, 5.74) is 3.25. The molecule has 2 nitrogen and oxygen atoms in total. The highest BCUT2D eigenvalue weighted by atomic mass is 35.5. The van der Waals surface area contributed by atoms with Gasteiger partial charge in [-0.25, -0.2) is 0 Å². The van der Waals surface area contributed by atoms with Crippen molar-refractivity contribution in [2.75, 3.05) is 5.32 Å². The third-order valence-electron chi connectivity index (χ3n) is 4.39. The number of halogens is 2. The topological polar surface area (TPSA) is 24.9 Å². The second-order valence-corrected chi connectivity index (χ2v) is 6.42. The van der Waals surface area contributed by atoms with E-state index in [1.165, 1.54) is 0 Å². The van der Waals surface area contributed by atoms with Gasteiger partial charge < -0.3 is 5.32 Å². The Kier molecular flexibility index (Phi) is 3.16. The molecule has 2 aliphatic rings. The van der Waals surface area contributed by atoms with Crippen LogP contribution in [-0.2, 0) is 0 Å². The molecule has 0 fully saturated rings. The Morgan fingerprint density at radius 1 is 1.19 bits per heavy atom. The van der Waals surface area contributed by atoms with Gasteiger partial charge in [0, 0.05) is 33.4 Å². The summed E-state index contributed by atoms with van der Waals surface area (Å²) in [6.07, 6.45) is 7.39. The molecular formula is C17H14Cl2N2. The Balaban J connectivity index is 1.84. The van der Waals surface area contributed by atoms with E-state index in [-0.39, 0.29) is 6.04 Å². The fourth-order valence-electron chi connectivity index (χ4n) is 3.50. The SMILES string of the molecule is Clc1cc(Cl)c2c(c1)N[C@H](c1ccccn1)[C@@H]1CC=C[C@H]21. The molecule has 2 heterocycles. The van der Waals surface area contributed by atoms with Gasteiger partial charge >= 0.3 is 0 Å². The summed E-state index contributed by atoms with van der Waals surface area (Å²) in [7, 11) is 0. The summed E-state index contributed by atoms with van der Waals surface area (Å²) in [6.45, 7) is 0. The summed E-state index contributed by atoms with van der Waals surface area (Å²) in [4.78, 5) is 4.52. The molecule has 0 amide bonds. The third kappa shape index (κ3) is 2.14. The summed E-state index contributed by atoms with van der Waals surface area (Å²) in [5, 5.41) is 5.00. The molecular weight excluding hydrogens is 303 g/mol. The standard InChI is InChI=1S/C17H14Cl2N2/c18-10-8-13(19)16-11-4-3-5-12(11)17(21-15(16)9-10)14-6-1-2-7-20-14/h1-4,6-9,11-12,17,21H,5H2/t11-,12+,17-/m0/s1. The van der Waals surface area contributed by atoms with Crippen molar-refractivity contribution in [2.24, 2.45) is 5.92 Å². The number of nitrogens with zero attached hydrogens (tertiary/aromatic N) is 1. The minimum absolute atomic E-state index is 0.188. The van der Waals surface area contributed by atoms with Crippen molar-refractivity contribution in [3.8, 4) is 0 Å². The van der Waals surface area contributed by atoms with E-state index in [1.807, 2.05) is 30.5 Å². The first-order valence-electron chi connectivity index (χ1n) is 7.07. The average Bonchev–Trinajstić information content (AvgIpc) is 2.95. The number of pyridine rings is 1. The van der Waals surface area contributed by atoms with E-state index < -0.39 is 0 Å². The van der Waals surface area contributed by atoms with Crippen LogP contribution in [0.5, 0.6) is 0 Å². The van der Waals surface area contributed by atoms with E-state index in [4.69, 9.17) is 23.2 Å². The van der Waals surface area contributed by atoms with Gasteiger partial charge in [-0.05, 0) is 36.6 Å². The van der Waals surface area contributed by atoms with Crippen molar-refractivity contribution in [3.05, 3.63) is 70.0 Å². The minimum Gasteiger partial charge on any atom is -0.376 e. The first-order chi connectivity index (χ1) is 10.2. The van der Waals surface area contributed by atoms with Crippen LogP contribution in [0, 0.1) is 5.92 Å². The third-order valence-corrected chi connectivity index (χ3v) is 4.92. The Morgan fingerprint density at radius 2 is 2.10 bits per heavy atom. The average molecular weight is 317 g/mol. The van der Waals surface area contributed by atoms with Crippen molar-refractivity contribution < 1.29 is 0 Å². The van der Waals surface area contributed by atoms with Gasteiger partial charge in [0.05, 0.1) is 11.7 Å². The maximum absolute atomic E-state index is 6.43. The predicted molar refractivity (Wildman–Crippen MR) is 87.1 cm³/mol. The molecule has 0 bridgehead atoms. The summed E-state index contributed by atoms with van der Waals surface area (Å²) in [6, 6.07) is 10.0. The normalized spacial score (nSPS) is 26.1. The van der Waals surface area contributed by atoms with E-state index in [0.29, 0.717) is 16.9 Å². The van der Waals surface area contributed by atoms with Crippen LogP contribution in [0.1, 0.15) is 29.6 Å². The summed E-state index contributed by atoms with van der Waals surface area (Å²) < 4.78 is 0. The van der Waals surface area contributed by atoms with Crippen molar-refractivity contribution >= 4 is 28.9 Å². The van der Waals surface area contributed by atoms with Crippen LogP contribution in [0.2, 0.25) is 10.0 Å². The molecule has 1 N–H and O–H groups in total. The zero-order chi connectivity index (χ0) is 14.4. The van der Waals surface area contributed by atoms with Crippen LogP contribution < -0.4 is 5.32 Å². The second-order valence-electron chi connectivity index (χ2n) is 5.58. The minimum atomic E-state index is 0.188. The van der Waals surface area contributed by atoms with Crippen LogP contribution >= 0.6 is 23.2 Å². The van der Waals surface area contributed by atoms with Gasteiger partial charge in [0.25, 0.3) is 0 Å². The van der Waals surface area contributed by atoms with Crippen LogP contribution in [0.15, 0.2) is 48.7 Å². The van der Waals surface area contributed by atoms with E-state index in [0.717, 1.165) is 28.4 Å². The largest absolute Gasteiger partial charge is 0.376 e. The van der Waals surface area contributed by atoms with Gasteiger partial charge in [0.2, 0.25) is 0 Å². The molecule has 1 aromatic carbocycles. The number of rotatable bonds is 1. The lowest BCUT2D eigenvalue weighted by Crippen LogP contribution is -2.29. The first kappa shape index (κ1) is 13.2. The predicted octanol–water partition coefficient (Wildman–Crippen LogP) is 5.21. The number of fused-ring (bicyclic) bond motifs is 3. The highest BCUT2D eigenvalue weighted by Gasteiger charge is 2.39. The number of aromatic nitrogens is 1. The Labute approximate surface area is 133 Å². The molecule has 4 heteroatoms. The first-order valence-corrected chi connectivity index (χ1v) is 7.82. The monoisotopic (exact) mass is 316 g/mol. The Morgan fingerprint density at radius 3 is 2.90 bits per heavy atom. The van der Waals surface area contributed by atoms with Gasteiger partial charge in [-0.2, -0.15) is 0 Å². The number of allylic oxidation sites excluding steroid dienone is 2. The Hall–Kier alpha value is -1.51. The van der Waals surface area contributed by atoms with Gasteiger partial charge in [-0.3, -0.25) is 4.98 Å². The van der Waals surface area contributed by atoms with Gasteiger partial charge in [0.15, 0.2) is 0 Å². The van der Waals surface area contributed by atoms with Crippen LogP contribution in [-0.4, -0.2) is 4.98 Å². The van der Waals surface area contributed by atoms with E-state index in [9.17, 15) is 0 Å². The molecule has 1 aliphatic carbocycles. The molecule has 21 heavy (non-hydrogen) atoms. The lowest BCUT2D eigenvalue weighted by Gasteiger charge is -2.37. The highest BCUT2D eigenvalue weighted by molar-refractivity contribution is 6.35. The zero-order valence-corrected chi connectivity index (χ0v) is 12.8. The van der Waals surface area contributed by atoms with E-state index in [1.54, 1.807) is 0 Å². The van der Waals surface area contributed by atoms with Gasteiger partial charge in [-0.1, -0.05) is 41.4 Å². The summed E-state index contributed by atoms with van der Waals surface area (Å²) in [5.74, 6) is 0.782.